The minimum atomic E-state index is -3.74. The molecule has 10 heteroatoms. The molecule has 0 aromatic carbocycles. The predicted molar refractivity (Wildman–Crippen MR) is 70.3 cm³/mol. The molecule has 1 unspecified atom stereocenters. The average molecular weight is 308 g/mol. The fourth-order valence-electron chi connectivity index (χ4n) is 1.29. The molecule has 1 aromatic heterocycles. The first-order valence-corrected chi connectivity index (χ1v) is 7.89. The van der Waals surface area contributed by atoms with Gasteiger partial charge < -0.3 is 10.4 Å². The number of sulfonamides is 1. The molecule has 1 rings (SSSR count). The molecule has 1 heterocycles. The van der Waals surface area contributed by atoms with Crippen LogP contribution in [0, 0.1) is 0 Å². The Morgan fingerprint density at radius 3 is 2.74 bits per heavy atom. The number of anilines is 1. The smallest absolute Gasteiger partial charge is 0.270 e. The summed E-state index contributed by atoms with van der Waals surface area (Å²) < 4.78 is 26.1. The second-order valence-corrected chi connectivity index (χ2v) is 6.81. The van der Waals surface area contributed by atoms with Gasteiger partial charge in [-0.15, -0.1) is 10.2 Å². The van der Waals surface area contributed by atoms with Crippen LogP contribution in [-0.4, -0.2) is 42.3 Å². The average Bonchev–Trinajstić information content (AvgIpc) is 2.74. The first kappa shape index (κ1) is 16.0. The molecule has 0 aliphatic rings. The topological polar surface area (TPSA) is 121 Å². The Balaban J connectivity index is 2.71. The van der Waals surface area contributed by atoms with E-state index in [2.05, 4.69) is 20.2 Å². The Kier molecular flexibility index (Phi) is 5.79. The van der Waals surface area contributed by atoms with E-state index >= 15 is 0 Å². The number of aromatic nitrogens is 2. The lowest BCUT2D eigenvalue weighted by molar-refractivity contribution is -0.114. The van der Waals surface area contributed by atoms with E-state index in [4.69, 9.17) is 5.11 Å². The highest BCUT2D eigenvalue weighted by Gasteiger charge is 2.22. The summed E-state index contributed by atoms with van der Waals surface area (Å²) in [5.74, 6) is -0.343. The number of aliphatic hydroxyl groups excluding tert-OH is 1. The summed E-state index contributed by atoms with van der Waals surface area (Å²) >= 11 is 0.780. The maximum atomic E-state index is 11.9. The number of nitrogens with zero attached hydrogens (tertiary/aromatic N) is 2. The molecule has 1 aromatic rings. The number of hydrogen-bond donors (Lipinski definition) is 3. The van der Waals surface area contributed by atoms with Crippen LogP contribution < -0.4 is 10.0 Å². The van der Waals surface area contributed by atoms with Crippen LogP contribution in [0.5, 0.6) is 0 Å². The molecular formula is C9H16N4O4S2. The highest BCUT2D eigenvalue weighted by Crippen LogP contribution is 2.20. The molecule has 108 valence electrons. The molecular weight excluding hydrogens is 292 g/mol. The molecule has 0 saturated carbocycles. The lowest BCUT2D eigenvalue weighted by Gasteiger charge is -2.11. The quantitative estimate of drug-likeness (QED) is 0.607. The van der Waals surface area contributed by atoms with Crippen LogP contribution in [0.3, 0.4) is 0 Å². The molecule has 0 radical (unpaired) electrons. The molecule has 1 atom stereocenters. The first-order valence-electron chi connectivity index (χ1n) is 5.59. The third-order valence-electron chi connectivity index (χ3n) is 2.07. The number of nitrogens with one attached hydrogen (secondary N) is 2. The predicted octanol–water partition coefficient (Wildman–Crippen LogP) is -0.0642. The number of hydrogen-bond acceptors (Lipinski definition) is 7. The van der Waals surface area contributed by atoms with Crippen LogP contribution in [0.15, 0.2) is 4.34 Å². The molecule has 3 N–H and O–H groups in total. The summed E-state index contributed by atoms with van der Waals surface area (Å²) in [4.78, 5) is 10.8. The zero-order chi connectivity index (χ0) is 14.5. The summed E-state index contributed by atoms with van der Waals surface area (Å²) in [6, 6.07) is -0.315. The van der Waals surface area contributed by atoms with Crippen LogP contribution in [0.4, 0.5) is 5.13 Å². The Morgan fingerprint density at radius 1 is 1.47 bits per heavy atom. The lowest BCUT2D eigenvalue weighted by atomic mass is 10.2. The highest BCUT2D eigenvalue weighted by molar-refractivity contribution is 7.91. The van der Waals surface area contributed by atoms with E-state index in [1.54, 1.807) is 6.92 Å². The lowest BCUT2D eigenvalue weighted by Crippen LogP contribution is -2.32. The Bertz CT molecular complexity index is 528. The fraction of sp³-hybridized carbons (Fsp3) is 0.667. The molecule has 0 fully saturated rings. The van der Waals surface area contributed by atoms with Crippen LogP contribution >= 0.6 is 11.3 Å². The van der Waals surface area contributed by atoms with Gasteiger partial charge in [0, 0.05) is 19.6 Å². The minimum absolute atomic E-state index is 0.0115. The van der Waals surface area contributed by atoms with E-state index < -0.39 is 10.0 Å². The summed E-state index contributed by atoms with van der Waals surface area (Å²) in [5, 5.41) is 18.3. The third kappa shape index (κ3) is 5.19. The second kappa shape index (κ2) is 6.89. The normalized spacial score (nSPS) is 13.2. The van der Waals surface area contributed by atoms with Gasteiger partial charge in [-0.1, -0.05) is 11.3 Å². The summed E-state index contributed by atoms with van der Waals surface area (Å²) in [7, 11) is -3.74. The second-order valence-electron chi connectivity index (χ2n) is 3.94. The maximum absolute atomic E-state index is 11.9. The van der Waals surface area contributed by atoms with Gasteiger partial charge in [0.15, 0.2) is 0 Å². The van der Waals surface area contributed by atoms with Crippen LogP contribution in [0.1, 0.15) is 26.7 Å². The van der Waals surface area contributed by atoms with Crippen molar-refractivity contribution < 1.29 is 18.3 Å². The standard InChI is InChI=1S/C9H16N4O4S2/c1-6(4-3-5-14)13-19(16,17)9-12-11-8(18-9)10-7(2)15/h6,13-14H,3-5H2,1-2H3,(H,10,11,15). The SMILES string of the molecule is CC(=O)Nc1nnc(S(=O)(=O)NC(C)CCCO)s1. The number of carbonyl (C=O) groups excluding carboxylic acids is 1. The van der Waals surface area contributed by atoms with Gasteiger partial charge in [-0.05, 0) is 19.8 Å². The van der Waals surface area contributed by atoms with Gasteiger partial charge in [-0.25, -0.2) is 13.1 Å². The third-order valence-corrected chi connectivity index (χ3v) is 4.87. The fourth-order valence-corrected chi connectivity index (χ4v) is 3.53. The van der Waals surface area contributed by atoms with Crippen molar-refractivity contribution in [2.24, 2.45) is 0 Å². The molecule has 0 bridgehead atoms. The van der Waals surface area contributed by atoms with Gasteiger partial charge >= 0.3 is 0 Å². The number of aliphatic hydroxyl groups is 1. The Labute approximate surface area is 115 Å². The molecule has 0 aliphatic carbocycles. The number of carbonyl (C=O) groups is 1. The van der Waals surface area contributed by atoms with Crippen molar-refractivity contribution in [3.05, 3.63) is 0 Å². The van der Waals surface area contributed by atoms with Crippen molar-refractivity contribution in [1.82, 2.24) is 14.9 Å². The summed E-state index contributed by atoms with van der Waals surface area (Å²) in [5.41, 5.74) is 0. The zero-order valence-corrected chi connectivity index (χ0v) is 12.2. The van der Waals surface area contributed by atoms with Gasteiger partial charge in [0.1, 0.15) is 0 Å². The van der Waals surface area contributed by atoms with Crippen molar-refractivity contribution in [2.75, 3.05) is 11.9 Å². The van der Waals surface area contributed by atoms with Crippen LogP contribution in [0.2, 0.25) is 0 Å². The number of rotatable bonds is 7. The van der Waals surface area contributed by atoms with Crippen molar-refractivity contribution in [2.45, 2.75) is 37.1 Å². The van der Waals surface area contributed by atoms with Gasteiger partial charge in [-0.3, -0.25) is 4.79 Å². The molecule has 19 heavy (non-hydrogen) atoms. The Hall–Kier alpha value is -1.10. The minimum Gasteiger partial charge on any atom is -0.396 e. The molecule has 0 aliphatic heterocycles. The van der Waals surface area contributed by atoms with Gasteiger partial charge in [0.2, 0.25) is 15.4 Å². The van der Waals surface area contributed by atoms with Crippen LogP contribution in [0.25, 0.3) is 0 Å². The molecule has 0 saturated heterocycles. The number of amides is 1. The molecule has 8 nitrogen and oxygen atoms in total. The van der Waals surface area contributed by atoms with Crippen LogP contribution in [-0.2, 0) is 14.8 Å². The maximum Gasteiger partial charge on any atom is 0.270 e. The van der Waals surface area contributed by atoms with Gasteiger partial charge in [-0.2, -0.15) is 0 Å². The summed E-state index contributed by atoms with van der Waals surface area (Å²) in [6.45, 7) is 3.01. The van der Waals surface area contributed by atoms with E-state index in [1.165, 1.54) is 6.92 Å². The van der Waals surface area contributed by atoms with E-state index in [0.29, 0.717) is 12.8 Å². The Morgan fingerprint density at radius 2 is 2.16 bits per heavy atom. The van der Waals surface area contributed by atoms with E-state index in [0.717, 1.165) is 11.3 Å². The van der Waals surface area contributed by atoms with Crippen molar-refractivity contribution in [1.29, 1.82) is 0 Å². The largest absolute Gasteiger partial charge is 0.396 e. The van der Waals surface area contributed by atoms with Crippen molar-refractivity contribution in [3.63, 3.8) is 0 Å². The monoisotopic (exact) mass is 308 g/mol. The van der Waals surface area contributed by atoms with Crippen molar-refractivity contribution in [3.8, 4) is 0 Å². The van der Waals surface area contributed by atoms with Gasteiger partial charge in [0.05, 0.1) is 0 Å². The van der Waals surface area contributed by atoms with E-state index in [9.17, 15) is 13.2 Å². The van der Waals surface area contributed by atoms with E-state index in [1.807, 2.05) is 0 Å². The van der Waals surface area contributed by atoms with E-state index in [-0.39, 0.29) is 28.0 Å². The molecule has 0 spiro atoms. The summed E-state index contributed by atoms with van der Waals surface area (Å²) in [6.07, 6.45) is 1.03. The molecule has 1 amide bonds. The van der Waals surface area contributed by atoms with Crippen molar-refractivity contribution >= 4 is 32.4 Å². The first-order chi connectivity index (χ1) is 8.85. The highest BCUT2D eigenvalue weighted by atomic mass is 32.2. The zero-order valence-electron chi connectivity index (χ0n) is 10.6. The van der Waals surface area contributed by atoms with Gasteiger partial charge in [0.25, 0.3) is 10.0 Å².